The van der Waals surface area contributed by atoms with Gasteiger partial charge in [-0.15, -0.1) is 0 Å². The summed E-state index contributed by atoms with van der Waals surface area (Å²) in [5.74, 6) is 0.0414. The van der Waals surface area contributed by atoms with Gasteiger partial charge in [0.05, 0.1) is 11.3 Å². The van der Waals surface area contributed by atoms with Crippen LogP contribution in [-0.4, -0.2) is 17.6 Å². The fraction of sp³-hybridized carbons (Fsp3) is 0.533. The fourth-order valence-electron chi connectivity index (χ4n) is 2.93. The summed E-state index contributed by atoms with van der Waals surface area (Å²) in [7, 11) is 0. The van der Waals surface area contributed by atoms with E-state index in [-0.39, 0.29) is 0 Å². The van der Waals surface area contributed by atoms with E-state index in [0.717, 1.165) is 23.7 Å². The Morgan fingerprint density at radius 3 is 2.72 bits per heavy atom. The highest BCUT2D eigenvalue weighted by Crippen LogP contribution is 2.61. The second-order valence-corrected chi connectivity index (χ2v) is 5.79. The number of carbonyl (C=O) groups is 1. The number of nitrogens with one attached hydrogen (secondary N) is 1. The van der Waals surface area contributed by atoms with Crippen LogP contribution in [0.1, 0.15) is 41.6 Å². The van der Waals surface area contributed by atoms with Crippen molar-refractivity contribution >= 4 is 11.7 Å². The highest BCUT2D eigenvalue weighted by molar-refractivity contribution is 5.95. The average Bonchev–Trinajstić information content (AvgIpc) is 3.19. The van der Waals surface area contributed by atoms with Crippen LogP contribution in [0.2, 0.25) is 0 Å². The Morgan fingerprint density at radius 1 is 1.44 bits per heavy atom. The number of para-hydroxylation sites is 1. The first-order valence-electron chi connectivity index (χ1n) is 6.69. The minimum Gasteiger partial charge on any atom is -0.478 e. The summed E-state index contributed by atoms with van der Waals surface area (Å²) in [5.41, 5.74) is 2.69. The van der Waals surface area contributed by atoms with E-state index in [1.54, 1.807) is 12.1 Å². The second-order valence-electron chi connectivity index (χ2n) is 5.79. The molecule has 0 atom stereocenters. The minimum atomic E-state index is -0.850. The van der Waals surface area contributed by atoms with Crippen molar-refractivity contribution in [2.45, 2.75) is 32.6 Å². The van der Waals surface area contributed by atoms with Gasteiger partial charge >= 0.3 is 5.97 Å². The smallest absolute Gasteiger partial charge is 0.337 e. The molecule has 2 aliphatic rings. The zero-order chi connectivity index (χ0) is 12.8. The third-order valence-corrected chi connectivity index (χ3v) is 4.46. The van der Waals surface area contributed by atoms with Crippen LogP contribution in [0.4, 0.5) is 5.69 Å². The van der Waals surface area contributed by atoms with E-state index in [0.29, 0.717) is 11.0 Å². The minimum absolute atomic E-state index is 0.390. The molecule has 0 heterocycles. The number of benzene rings is 1. The predicted molar refractivity (Wildman–Crippen MR) is 71.0 cm³/mol. The van der Waals surface area contributed by atoms with Crippen LogP contribution in [-0.2, 0) is 0 Å². The van der Waals surface area contributed by atoms with Crippen LogP contribution in [0.5, 0.6) is 0 Å². The Balaban J connectivity index is 1.77. The van der Waals surface area contributed by atoms with Crippen molar-refractivity contribution in [3.8, 4) is 0 Å². The lowest BCUT2D eigenvalue weighted by atomic mass is 9.99. The molecule has 2 fully saturated rings. The number of carboxylic acid groups (broad SMARTS) is 1. The van der Waals surface area contributed by atoms with E-state index in [4.69, 9.17) is 0 Å². The molecular formula is C15H19NO2. The van der Waals surface area contributed by atoms with Crippen LogP contribution in [0, 0.1) is 18.3 Å². The molecule has 0 radical (unpaired) electrons. The number of aromatic carboxylic acids is 1. The van der Waals surface area contributed by atoms with Crippen LogP contribution in [0.25, 0.3) is 0 Å². The third-order valence-electron chi connectivity index (χ3n) is 4.46. The molecule has 18 heavy (non-hydrogen) atoms. The van der Waals surface area contributed by atoms with E-state index in [2.05, 4.69) is 5.32 Å². The molecule has 1 aromatic carbocycles. The molecule has 0 amide bonds. The van der Waals surface area contributed by atoms with Gasteiger partial charge in [0.1, 0.15) is 0 Å². The van der Waals surface area contributed by atoms with Gasteiger partial charge in [0, 0.05) is 6.54 Å². The van der Waals surface area contributed by atoms with Gasteiger partial charge in [0.2, 0.25) is 0 Å². The molecular weight excluding hydrogens is 226 g/mol. The Morgan fingerprint density at radius 2 is 2.17 bits per heavy atom. The first-order valence-corrected chi connectivity index (χ1v) is 6.69. The molecule has 0 aromatic heterocycles. The Labute approximate surface area is 107 Å². The number of anilines is 1. The lowest BCUT2D eigenvalue weighted by Crippen LogP contribution is -2.19. The standard InChI is InChI=1S/C15H19NO2/c1-10-3-2-4-12(14(17)18)13(10)16-9-15(7-8-15)11-5-6-11/h2-4,11,16H,5-9H2,1H3,(H,17,18). The van der Waals surface area contributed by atoms with Crippen LogP contribution >= 0.6 is 0 Å². The lowest BCUT2D eigenvalue weighted by molar-refractivity contribution is 0.0698. The molecule has 0 spiro atoms. The number of aryl methyl sites for hydroxylation is 1. The van der Waals surface area contributed by atoms with Gasteiger partial charge in [-0.1, -0.05) is 12.1 Å². The van der Waals surface area contributed by atoms with Crippen LogP contribution in [0.3, 0.4) is 0 Å². The average molecular weight is 245 g/mol. The largest absolute Gasteiger partial charge is 0.478 e. The molecule has 2 N–H and O–H groups in total. The van der Waals surface area contributed by atoms with Gasteiger partial charge in [0.25, 0.3) is 0 Å². The van der Waals surface area contributed by atoms with Crippen molar-refractivity contribution in [2.75, 3.05) is 11.9 Å². The number of carboxylic acids is 1. The Bertz CT molecular complexity index is 487. The first-order chi connectivity index (χ1) is 8.62. The summed E-state index contributed by atoms with van der Waals surface area (Å²) in [4.78, 5) is 11.2. The lowest BCUT2D eigenvalue weighted by Gasteiger charge is -2.18. The van der Waals surface area contributed by atoms with Crippen molar-refractivity contribution in [3.63, 3.8) is 0 Å². The van der Waals surface area contributed by atoms with E-state index >= 15 is 0 Å². The zero-order valence-corrected chi connectivity index (χ0v) is 10.7. The van der Waals surface area contributed by atoms with Gasteiger partial charge in [-0.25, -0.2) is 4.79 Å². The summed E-state index contributed by atoms with van der Waals surface area (Å²) in [6.45, 7) is 2.90. The van der Waals surface area contributed by atoms with Crippen LogP contribution in [0.15, 0.2) is 18.2 Å². The molecule has 0 bridgehead atoms. The van der Waals surface area contributed by atoms with Crippen LogP contribution < -0.4 is 5.32 Å². The number of hydrogen-bond acceptors (Lipinski definition) is 2. The molecule has 0 saturated heterocycles. The van der Waals surface area contributed by atoms with E-state index in [1.807, 2.05) is 13.0 Å². The van der Waals surface area contributed by atoms with E-state index in [9.17, 15) is 9.90 Å². The van der Waals surface area contributed by atoms with E-state index < -0.39 is 5.97 Å². The monoisotopic (exact) mass is 245 g/mol. The van der Waals surface area contributed by atoms with Gasteiger partial charge in [-0.2, -0.15) is 0 Å². The van der Waals surface area contributed by atoms with Crippen molar-refractivity contribution < 1.29 is 9.90 Å². The van der Waals surface area contributed by atoms with Crippen molar-refractivity contribution in [1.82, 2.24) is 0 Å². The summed E-state index contributed by atoms with van der Waals surface area (Å²) in [6, 6.07) is 5.44. The molecule has 96 valence electrons. The molecule has 0 unspecified atom stereocenters. The molecule has 1 aromatic rings. The van der Waals surface area contributed by atoms with Gasteiger partial charge in [-0.3, -0.25) is 0 Å². The van der Waals surface area contributed by atoms with Gasteiger partial charge in [0.15, 0.2) is 0 Å². The predicted octanol–water partition coefficient (Wildman–Crippen LogP) is 3.30. The second kappa shape index (κ2) is 4.01. The van der Waals surface area contributed by atoms with Crippen molar-refractivity contribution in [3.05, 3.63) is 29.3 Å². The van der Waals surface area contributed by atoms with Crippen molar-refractivity contribution in [2.24, 2.45) is 11.3 Å². The molecule has 3 rings (SSSR count). The molecule has 2 aliphatic carbocycles. The summed E-state index contributed by atoms with van der Waals surface area (Å²) < 4.78 is 0. The maximum absolute atomic E-state index is 11.2. The third kappa shape index (κ3) is 1.98. The Hall–Kier alpha value is -1.51. The maximum atomic E-state index is 11.2. The van der Waals surface area contributed by atoms with Gasteiger partial charge < -0.3 is 10.4 Å². The highest BCUT2D eigenvalue weighted by Gasteiger charge is 2.53. The molecule has 3 heteroatoms. The quantitative estimate of drug-likeness (QED) is 0.836. The first kappa shape index (κ1) is 11.6. The van der Waals surface area contributed by atoms with E-state index in [1.165, 1.54) is 25.7 Å². The summed E-state index contributed by atoms with van der Waals surface area (Å²) in [5, 5.41) is 12.6. The zero-order valence-electron chi connectivity index (χ0n) is 10.7. The fourth-order valence-corrected chi connectivity index (χ4v) is 2.93. The normalized spacial score (nSPS) is 20.5. The topological polar surface area (TPSA) is 49.3 Å². The number of hydrogen-bond donors (Lipinski definition) is 2. The highest BCUT2D eigenvalue weighted by atomic mass is 16.4. The van der Waals surface area contributed by atoms with Crippen molar-refractivity contribution in [1.29, 1.82) is 0 Å². The molecule has 3 nitrogen and oxygen atoms in total. The SMILES string of the molecule is Cc1cccc(C(=O)O)c1NCC1(C2CC2)CC1. The number of rotatable bonds is 5. The summed E-state index contributed by atoms with van der Waals surface area (Å²) in [6.07, 6.45) is 5.33. The molecule has 0 aliphatic heterocycles. The Kier molecular flexibility index (Phi) is 2.58. The summed E-state index contributed by atoms with van der Waals surface area (Å²) >= 11 is 0. The van der Waals surface area contributed by atoms with Gasteiger partial charge in [-0.05, 0) is 55.6 Å². The maximum Gasteiger partial charge on any atom is 0.337 e. The molecule has 2 saturated carbocycles.